The minimum Gasteiger partial charge on any atom is -0.465 e. The van der Waals surface area contributed by atoms with Gasteiger partial charge in [-0.15, -0.1) is 0 Å². The predicted octanol–water partition coefficient (Wildman–Crippen LogP) is 7.30. The highest BCUT2D eigenvalue weighted by atomic mass is 28.4. The molecule has 194 valence electrons. The molecule has 0 radical (unpaired) electrons. The summed E-state index contributed by atoms with van der Waals surface area (Å²) < 4.78 is 11.8. The molecule has 36 heavy (non-hydrogen) atoms. The highest BCUT2D eigenvalue weighted by molar-refractivity contribution is 6.74. The maximum atomic E-state index is 12.1. The highest BCUT2D eigenvalue weighted by Crippen LogP contribution is 2.64. The molecule has 2 unspecified atom stereocenters. The van der Waals surface area contributed by atoms with Crippen molar-refractivity contribution in [3.63, 3.8) is 0 Å². The summed E-state index contributed by atoms with van der Waals surface area (Å²) in [7, 11) is -0.312. The first-order valence-electron chi connectivity index (χ1n) is 13.6. The molecule has 2 aliphatic heterocycles. The van der Waals surface area contributed by atoms with Crippen molar-refractivity contribution in [1.82, 2.24) is 4.90 Å². The highest BCUT2D eigenvalue weighted by Gasteiger charge is 2.61. The number of fused-ring (bicyclic) bond motifs is 2. The van der Waals surface area contributed by atoms with Crippen LogP contribution in [0.3, 0.4) is 0 Å². The average molecular weight is 506 g/mol. The van der Waals surface area contributed by atoms with Crippen molar-refractivity contribution in [2.75, 3.05) is 7.11 Å². The third kappa shape index (κ3) is 4.48. The Kier molecular flexibility index (Phi) is 6.50. The number of ether oxygens (including phenoxy) is 1. The van der Waals surface area contributed by atoms with E-state index in [1.165, 1.54) is 56.8 Å². The summed E-state index contributed by atoms with van der Waals surface area (Å²) in [6.45, 7) is 12.8. The van der Waals surface area contributed by atoms with Gasteiger partial charge >= 0.3 is 5.97 Å². The van der Waals surface area contributed by atoms with Gasteiger partial charge in [0.15, 0.2) is 8.32 Å². The number of nitrogens with zero attached hydrogens (tertiary/aromatic N) is 1. The van der Waals surface area contributed by atoms with Crippen LogP contribution >= 0.6 is 0 Å². The minimum atomic E-state index is -1.76. The molecular formula is C31H43NO3Si. The second kappa shape index (κ2) is 9.11. The molecule has 1 spiro atoms. The maximum absolute atomic E-state index is 12.1. The average Bonchev–Trinajstić information content (AvgIpc) is 3.03. The number of hydrogen-bond donors (Lipinski definition) is 0. The predicted molar refractivity (Wildman–Crippen MR) is 147 cm³/mol. The first-order valence-corrected chi connectivity index (χ1v) is 16.6. The molecule has 2 aromatic rings. The van der Waals surface area contributed by atoms with Gasteiger partial charge in [-0.05, 0) is 85.3 Å². The molecule has 2 aromatic carbocycles. The fourth-order valence-corrected chi connectivity index (χ4v) is 8.40. The molecule has 2 bridgehead atoms. The van der Waals surface area contributed by atoms with Crippen LogP contribution in [-0.4, -0.2) is 38.4 Å². The second-order valence-corrected chi connectivity index (χ2v) is 18.0. The van der Waals surface area contributed by atoms with Gasteiger partial charge in [-0.3, -0.25) is 4.90 Å². The van der Waals surface area contributed by atoms with Gasteiger partial charge in [0.1, 0.15) is 0 Å². The van der Waals surface area contributed by atoms with Gasteiger partial charge < -0.3 is 9.16 Å². The minimum absolute atomic E-state index is 0.00928. The Morgan fingerprint density at radius 2 is 1.69 bits per heavy atom. The molecule has 5 heteroatoms. The molecule has 0 amide bonds. The number of esters is 1. The van der Waals surface area contributed by atoms with Crippen LogP contribution in [0, 0.1) is 5.41 Å². The number of carbonyl (C=O) groups is 1. The van der Waals surface area contributed by atoms with Gasteiger partial charge in [0, 0.05) is 24.2 Å². The molecule has 0 aromatic heterocycles. The fraction of sp³-hybridized carbons (Fsp3) is 0.581. The van der Waals surface area contributed by atoms with Gasteiger partial charge in [0.05, 0.1) is 12.7 Å². The van der Waals surface area contributed by atoms with Gasteiger partial charge in [-0.25, -0.2) is 4.79 Å². The Morgan fingerprint density at radius 1 is 1.03 bits per heavy atom. The molecule has 1 aliphatic carbocycles. The zero-order valence-electron chi connectivity index (χ0n) is 23.0. The van der Waals surface area contributed by atoms with E-state index in [1.54, 1.807) is 0 Å². The van der Waals surface area contributed by atoms with Crippen LogP contribution in [-0.2, 0) is 21.2 Å². The molecule has 2 heterocycles. The molecule has 3 fully saturated rings. The van der Waals surface area contributed by atoms with Gasteiger partial charge in [-0.1, -0.05) is 63.2 Å². The van der Waals surface area contributed by atoms with E-state index in [-0.39, 0.29) is 16.5 Å². The van der Waals surface area contributed by atoms with Crippen molar-refractivity contribution >= 4 is 14.3 Å². The Balaban J connectivity index is 1.42. The van der Waals surface area contributed by atoms with Gasteiger partial charge in [-0.2, -0.15) is 0 Å². The molecule has 2 atom stereocenters. The van der Waals surface area contributed by atoms with E-state index in [2.05, 4.69) is 81.2 Å². The normalized spacial score (nSPS) is 30.3. The quantitative estimate of drug-likeness (QED) is 0.305. The van der Waals surface area contributed by atoms with Crippen LogP contribution in [0.25, 0.3) is 0 Å². The van der Waals surface area contributed by atoms with Crippen molar-refractivity contribution in [1.29, 1.82) is 0 Å². The van der Waals surface area contributed by atoms with Crippen molar-refractivity contribution in [3.05, 3.63) is 71.3 Å². The van der Waals surface area contributed by atoms with Crippen LogP contribution in [0.5, 0.6) is 0 Å². The summed E-state index contributed by atoms with van der Waals surface area (Å²) in [6, 6.07) is 19.8. The zero-order valence-corrected chi connectivity index (χ0v) is 24.0. The molecule has 5 rings (SSSR count). The first-order chi connectivity index (χ1) is 17.0. The van der Waals surface area contributed by atoms with Gasteiger partial charge in [0.25, 0.3) is 0 Å². The van der Waals surface area contributed by atoms with E-state index >= 15 is 0 Å². The standard InChI is InChI=1S/C31H43NO3Si/c1-29(2,3)36(5,6)35-27-19-30(20-27)18-26-16-17-31(22-30,32(26)21-23-10-8-7-9-11-23)25-14-12-24(13-15-25)28(33)34-4/h7-15,26-27H,16-22H2,1-6H3. The lowest BCUT2D eigenvalue weighted by atomic mass is 9.56. The number of hydrogen-bond acceptors (Lipinski definition) is 4. The van der Waals surface area contributed by atoms with Crippen molar-refractivity contribution in [3.8, 4) is 0 Å². The fourth-order valence-electron chi connectivity index (χ4n) is 7.05. The molecule has 1 saturated carbocycles. The lowest BCUT2D eigenvalue weighted by Crippen LogP contribution is -2.60. The summed E-state index contributed by atoms with van der Waals surface area (Å²) in [6.07, 6.45) is 7.66. The van der Waals surface area contributed by atoms with Crippen LogP contribution in [0.1, 0.15) is 80.8 Å². The van der Waals surface area contributed by atoms with Crippen LogP contribution < -0.4 is 0 Å². The second-order valence-electron chi connectivity index (χ2n) is 13.2. The van der Waals surface area contributed by atoms with E-state index in [9.17, 15) is 4.79 Å². The first kappa shape index (κ1) is 25.7. The lowest BCUT2D eigenvalue weighted by molar-refractivity contribution is -0.116. The monoisotopic (exact) mass is 505 g/mol. The van der Waals surface area contributed by atoms with Crippen LogP contribution in [0.15, 0.2) is 54.6 Å². The van der Waals surface area contributed by atoms with E-state index in [0.717, 1.165) is 6.54 Å². The Hall–Kier alpha value is -1.95. The SMILES string of the molecule is COC(=O)c1ccc(C23CCC(CC4(CC(O[Si](C)(C)C(C)(C)C)C4)C2)N3Cc2ccccc2)cc1. The van der Waals surface area contributed by atoms with E-state index in [1.807, 2.05) is 12.1 Å². The van der Waals surface area contributed by atoms with Crippen molar-refractivity contribution in [2.24, 2.45) is 5.41 Å². The summed E-state index contributed by atoms with van der Waals surface area (Å²) >= 11 is 0. The third-order valence-corrected chi connectivity index (χ3v) is 14.4. The maximum Gasteiger partial charge on any atom is 0.337 e. The Labute approximate surface area is 218 Å². The van der Waals surface area contributed by atoms with Crippen LogP contribution in [0.4, 0.5) is 0 Å². The summed E-state index contributed by atoms with van der Waals surface area (Å²) in [5.74, 6) is -0.269. The number of rotatable bonds is 6. The van der Waals surface area contributed by atoms with Crippen molar-refractivity contribution < 1.29 is 14.0 Å². The van der Waals surface area contributed by atoms with E-state index < -0.39 is 8.32 Å². The smallest absolute Gasteiger partial charge is 0.337 e. The number of piperidine rings is 1. The molecule has 0 N–H and O–H groups in total. The lowest BCUT2D eigenvalue weighted by Gasteiger charge is -2.60. The summed E-state index contributed by atoms with van der Waals surface area (Å²) in [5, 5.41) is 0.246. The third-order valence-electron chi connectivity index (χ3n) is 9.85. The molecule has 2 saturated heterocycles. The Bertz CT molecular complexity index is 1090. The van der Waals surface area contributed by atoms with E-state index in [4.69, 9.17) is 9.16 Å². The molecule has 4 nitrogen and oxygen atoms in total. The summed E-state index contributed by atoms with van der Waals surface area (Å²) in [5.41, 5.74) is 3.72. The molecule has 3 aliphatic rings. The number of methoxy groups -OCH3 is 1. The van der Waals surface area contributed by atoms with E-state index in [0.29, 0.717) is 23.1 Å². The topological polar surface area (TPSA) is 38.8 Å². The number of benzene rings is 2. The van der Waals surface area contributed by atoms with Crippen LogP contribution in [0.2, 0.25) is 18.1 Å². The van der Waals surface area contributed by atoms with Crippen molar-refractivity contribution in [2.45, 2.75) is 102 Å². The molecular weight excluding hydrogens is 462 g/mol. The summed E-state index contributed by atoms with van der Waals surface area (Å²) in [4.78, 5) is 14.9. The zero-order chi connectivity index (χ0) is 25.8. The number of carbonyl (C=O) groups excluding carboxylic acids is 1. The largest absolute Gasteiger partial charge is 0.465 e. The Morgan fingerprint density at radius 3 is 2.31 bits per heavy atom. The van der Waals surface area contributed by atoms with Gasteiger partial charge in [0.2, 0.25) is 0 Å².